The predicted molar refractivity (Wildman–Crippen MR) is 124 cm³/mol. The lowest BCUT2D eigenvalue weighted by Crippen LogP contribution is -2.65. The van der Waals surface area contributed by atoms with Gasteiger partial charge in [-0.3, -0.25) is 19.1 Å². The molecule has 11 heteroatoms. The highest BCUT2D eigenvalue weighted by molar-refractivity contribution is 6.84. The first-order valence-electron chi connectivity index (χ1n) is 11.4. The Morgan fingerprint density at radius 3 is 2.00 bits per heavy atom. The quantitative estimate of drug-likeness (QED) is 0.640. The van der Waals surface area contributed by atoms with Crippen molar-refractivity contribution in [1.82, 2.24) is 9.55 Å². The zero-order chi connectivity index (χ0) is 24.0. The van der Waals surface area contributed by atoms with Crippen molar-refractivity contribution in [2.45, 2.75) is 96.0 Å². The SMILES string of the molecule is CC(C)[Si]1(C(C)C)OC[C@H]2O[C@@H](n3ccc(=O)[nH]c3=O)C(=O)C2O[Si](C(C)C)(C(C)C)O1. The number of rotatable bonds is 5. The number of hydrogen-bond donors (Lipinski definition) is 1. The molecule has 9 nitrogen and oxygen atoms in total. The van der Waals surface area contributed by atoms with Gasteiger partial charge in [0.15, 0.2) is 6.23 Å². The summed E-state index contributed by atoms with van der Waals surface area (Å²) in [5, 5.41) is 0. The molecule has 3 rings (SSSR count). The minimum Gasteiger partial charge on any atom is -0.414 e. The van der Waals surface area contributed by atoms with E-state index in [1.165, 1.54) is 12.3 Å². The standard InChI is InChI=1S/C21H36N2O7Si2/c1-12(2)31(13(3)4)27-11-16-19(29-32(30-31,14(5)6)15(7)8)18(25)20(28-16)23-10-9-17(24)22-21(23)26/h9-10,12-16,19-20H,11H2,1-8H3,(H,22,24,26)/t16-,19?,20-/m1/s1. The Labute approximate surface area is 190 Å². The summed E-state index contributed by atoms with van der Waals surface area (Å²) in [4.78, 5) is 39.4. The highest BCUT2D eigenvalue weighted by Gasteiger charge is 2.61. The first kappa shape index (κ1) is 25.3. The van der Waals surface area contributed by atoms with Crippen molar-refractivity contribution in [2.24, 2.45) is 0 Å². The predicted octanol–water partition coefficient (Wildman–Crippen LogP) is 2.96. The molecule has 0 aliphatic carbocycles. The van der Waals surface area contributed by atoms with E-state index < -0.39 is 46.8 Å². The summed E-state index contributed by atoms with van der Waals surface area (Å²) in [6, 6.07) is 1.19. The number of ketones is 1. The summed E-state index contributed by atoms with van der Waals surface area (Å²) in [6.07, 6.45) is -1.47. The maximum atomic E-state index is 13.4. The summed E-state index contributed by atoms with van der Waals surface area (Å²) in [5.41, 5.74) is -0.768. The van der Waals surface area contributed by atoms with Gasteiger partial charge in [-0.15, -0.1) is 0 Å². The van der Waals surface area contributed by atoms with Gasteiger partial charge in [-0.25, -0.2) is 4.79 Å². The van der Waals surface area contributed by atoms with Crippen LogP contribution in [0.15, 0.2) is 21.9 Å². The largest absolute Gasteiger partial charge is 0.414 e. The maximum absolute atomic E-state index is 13.4. The van der Waals surface area contributed by atoms with Crippen LogP contribution < -0.4 is 11.2 Å². The molecule has 2 saturated heterocycles. The highest BCUT2D eigenvalue weighted by atomic mass is 28.5. The molecule has 0 bridgehead atoms. The van der Waals surface area contributed by atoms with Gasteiger partial charge in [0.05, 0.1) is 6.61 Å². The molecule has 3 heterocycles. The Morgan fingerprint density at radius 2 is 1.50 bits per heavy atom. The summed E-state index contributed by atoms with van der Waals surface area (Å²) in [7, 11) is -5.72. The second-order valence-electron chi connectivity index (χ2n) is 9.96. The van der Waals surface area contributed by atoms with Crippen LogP contribution in [0.4, 0.5) is 0 Å². The fraction of sp³-hybridized carbons (Fsp3) is 0.762. The fourth-order valence-electron chi connectivity index (χ4n) is 4.83. The number of nitrogens with zero attached hydrogens (tertiary/aromatic N) is 1. The van der Waals surface area contributed by atoms with Gasteiger partial charge in [0.2, 0.25) is 5.78 Å². The second-order valence-corrected chi connectivity index (χ2v) is 18.8. The molecule has 0 aromatic carbocycles. The van der Waals surface area contributed by atoms with Crippen LogP contribution in [-0.4, -0.2) is 51.3 Å². The molecule has 0 amide bonds. The second kappa shape index (κ2) is 9.11. The molecule has 1 aromatic heterocycles. The van der Waals surface area contributed by atoms with Gasteiger partial charge in [-0.1, -0.05) is 55.4 Å². The zero-order valence-electron chi connectivity index (χ0n) is 20.2. The summed E-state index contributed by atoms with van der Waals surface area (Å²) in [6.45, 7) is 16.9. The monoisotopic (exact) mass is 484 g/mol. The Balaban J connectivity index is 2.09. The molecule has 0 radical (unpaired) electrons. The van der Waals surface area contributed by atoms with Crippen molar-refractivity contribution >= 4 is 22.9 Å². The average Bonchev–Trinajstić information content (AvgIpc) is 2.96. The minimum atomic E-state index is -2.97. The lowest BCUT2D eigenvalue weighted by Gasteiger charge is -2.50. The van der Waals surface area contributed by atoms with Crippen molar-refractivity contribution in [3.63, 3.8) is 0 Å². The third-order valence-corrected chi connectivity index (χ3v) is 16.8. The van der Waals surface area contributed by atoms with Crippen LogP contribution in [0.2, 0.25) is 22.2 Å². The van der Waals surface area contributed by atoms with Crippen molar-refractivity contribution in [2.75, 3.05) is 6.61 Å². The van der Waals surface area contributed by atoms with Crippen LogP contribution in [0.3, 0.4) is 0 Å². The lowest BCUT2D eigenvalue weighted by molar-refractivity contribution is -0.130. The van der Waals surface area contributed by atoms with E-state index in [-0.39, 0.29) is 34.6 Å². The normalized spacial score (nSPS) is 27.8. The Morgan fingerprint density at radius 1 is 0.938 bits per heavy atom. The number of aromatic amines is 1. The van der Waals surface area contributed by atoms with Crippen molar-refractivity contribution in [3.8, 4) is 0 Å². The molecule has 180 valence electrons. The van der Waals surface area contributed by atoms with Crippen molar-refractivity contribution < 1.29 is 22.5 Å². The van der Waals surface area contributed by atoms with E-state index >= 15 is 0 Å². The molecular weight excluding hydrogens is 448 g/mol. The number of ether oxygens (including phenoxy) is 1. The number of nitrogens with one attached hydrogen (secondary N) is 1. The first-order valence-corrected chi connectivity index (χ1v) is 15.3. The number of carbonyl (C=O) groups excluding carboxylic acids is 1. The molecule has 32 heavy (non-hydrogen) atoms. The third kappa shape index (κ3) is 4.14. The Bertz CT molecular complexity index is 940. The number of hydrogen-bond acceptors (Lipinski definition) is 7. The third-order valence-electron chi connectivity index (χ3n) is 6.59. The molecule has 1 N–H and O–H groups in total. The topological polar surface area (TPSA) is 109 Å². The molecule has 2 aliphatic heterocycles. The van der Waals surface area contributed by atoms with Gasteiger partial charge in [0.25, 0.3) is 5.56 Å². The number of aromatic nitrogens is 2. The number of H-pyrrole nitrogens is 1. The molecule has 0 spiro atoms. The van der Waals surface area contributed by atoms with E-state index in [0.29, 0.717) is 0 Å². The van der Waals surface area contributed by atoms with Crippen LogP contribution in [-0.2, 0) is 22.5 Å². The van der Waals surface area contributed by atoms with Crippen LogP contribution in [0, 0.1) is 0 Å². The van der Waals surface area contributed by atoms with Gasteiger partial charge in [0, 0.05) is 12.3 Å². The van der Waals surface area contributed by atoms with Crippen molar-refractivity contribution in [3.05, 3.63) is 33.1 Å². The summed E-state index contributed by atoms with van der Waals surface area (Å²) < 4.78 is 27.5. The van der Waals surface area contributed by atoms with E-state index in [9.17, 15) is 14.4 Å². The molecule has 2 aliphatic rings. The van der Waals surface area contributed by atoms with Crippen LogP contribution in [0.5, 0.6) is 0 Å². The van der Waals surface area contributed by atoms with E-state index in [2.05, 4.69) is 60.4 Å². The Kier molecular flexibility index (Phi) is 7.19. The molecule has 2 fully saturated rings. The number of carbonyl (C=O) groups is 1. The summed E-state index contributed by atoms with van der Waals surface area (Å²) in [5.74, 6) is -0.363. The number of fused-ring (bicyclic) bond motifs is 1. The van der Waals surface area contributed by atoms with E-state index in [0.717, 1.165) is 4.57 Å². The zero-order valence-corrected chi connectivity index (χ0v) is 22.2. The van der Waals surface area contributed by atoms with Crippen LogP contribution >= 0.6 is 0 Å². The smallest absolute Gasteiger partial charge is 0.335 e. The maximum Gasteiger partial charge on any atom is 0.335 e. The van der Waals surface area contributed by atoms with E-state index in [4.69, 9.17) is 17.7 Å². The first-order chi connectivity index (χ1) is 14.9. The lowest BCUT2D eigenvalue weighted by atomic mass is 10.1. The molecular formula is C21H36N2O7Si2. The fourth-order valence-corrected chi connectivity index (χ4v) is 16.0. The Hall–Kier alpha value is -1.38. The summed E-state index contributed by atoms with van der Waals surface area (Å²) >= 11 is 0. The average molecular weight is 485 g/mol. The van der Waals surface area contributed by atoms with Gasteiger partial charge < -0.3 is 17.7 Å². The van der Waals surface area contributed by atoms with Gasteiger partial charge >= 0.3 is 22.8 Å². The highest BCUT2D eigenvalue weighted by Crippen LogP contribution is 2.47. The van der Waals surface area contributed by atoms with E-state index in [1.54, 1.807) is 0 Å². The van der Waals surface area contributed by atoms with Gasteiger partial charge in [0.1, 0.15) is 12.2 Å². The molecule has 3 atom stereocenters. The molecule has 0 saturated carbocycles. The minimum absolute atomic E-state index is 0.0666. The van der Waals surface area contributed by atoms with Gasteiger partial charge in [-0.2, -0.15) is 0 Å². The van der Waals surface area contributed by atoms with Crippen LogP contribution in [0.1, 0.15) is 61.6 Å². The van der Waals surface area contributed by atoms with E-state index in [1.807, 2.05) is 0 Å². The molecule has 1 unspecified atom stereocenters. The molecule has 1 aromatic rings. The number of Topliss-reactive ketones (excluding diaryl/α,β-unsaturated/α-hetero) is 1. The van der Waals surface area contributed by atoms with Crippen molar-refractivity contribution in [1.29, 1.82) is 0 Å². The van der Waals surface area contributed by atoms with Gasteiger partial charge in [-0.05, 0) is 22.2 Å². The van der Waals surface area contributed by atoms with Crippen LogP contribution in [0.25, 0.3) is 0 Å².